The molecule has 0 radical (unpaired) electrons. The van der Waals surface area contributed by atoms with Gasteiger partial charge in [-0.2, -0.15) is 0 Å². The summed E-state index contributed by atoms with van der Waals surface area (Å²) in [6, 6.07) is 14.0. The summed E-state index contributed by atoms with van der Waals surface area (Å²) in [4.78, 5) is 23.7. The number of aliphatic hydroxyl groups is 1. The van der Waals surface area contributed by atoms with Gasteiger partial charge in [0.2, 0.25) is 11.8 Å². The van der Waals surface area contributed by atoms with Crippen molar-refractivity contribution in [2.24, 2.45) is 0 Å². The van der Waals surface area contributed by atoms with Crippen molar-refractivity contribution in [1.82, 2.24) is 10.6 Å². The van der Waals surface area contributed by atoms with Crippen molar-refractivity contribution in [2.75, 3.05) is 6.54 Å². The first-order valence-electron chi connectivity index (χ1n) is 8.39. The lowest BCUT2D eigenvalue weighted by atomic mass is 10.0. The number of nitrogens with one attached hydrogen (secondary N) is 2. The van der Waals surface area contributed by atoms with Crippen molar-refractivity contribution >= 4 is 23.4 Å². The third kappa shape index (κ3) is 6.17. The first kappa shape index (κ1) is 19.9. The van der Waals surface area contributed by atoms with Crippen LogP contribution in [0.5, 0.6) is 0 Å². The Bertz CT molecular complexity index is 745. The van der Waals surface area contributed by atoms with E-state index >= 15 is 0 Å². The van der Waals surface area contributed by atoms with E-state index in [1.54, 1.807) is 24.3 Å². The summed E-state index contributed by atoms with van der Waals surface area (Å²) in [5.41, 5.74) is 2.64. The molecule has 0 heterocycles. The molecule has 3 N–H and O–H groups in total. The standard InChI is InChI=1S/C20H23ClN2O3/c1-13-3-5-16(6-4-13)19(25)12-22-20(26)11-18(23-14(2)24)15-7-9-17(21)10-8-15/h3-10,18-19,25H,11-12H2,1-2H3,(H,22,26)(H,23,24)/t18-,19-/m0/s1. The monoisotopic (exact) mass is 374 g/mol. The van der Waals surface area contributed by atoms with Crippen LogP contribution in [0.2, 0.25) is 5.02 Å². The topological polar surface area (TPSA) is 78.4 Å². The van der Waals surface area contributed by atoms with Crippen LogP contribution in [0.15, 0.2) is 48.5 Å². The zero-order valence-electron chi connectivity index (χ0n) is 14.8. The van der Waals surface area contributed by atoms with Crippen LogP contribution < -0.4 is 10.6 Å². The van der Waals surface area contributed by atoms with Crippen molar-refractivity contribution in [2.45, 2.75) is 32.4 Å². The molecule has 0 aliphatic carbocycles. The summed E-state index contributed by atoms with van der Waals surface area (Å²) in [5.74, 6) is -0.484. The summed E-state index contributed by atoms with van der Waals surface area (Å²) in [7, 11) is 0. The number of aryl methyl sites for hydroxylation is 1. The van der Waals surface area contributed by atoms with E-state index in [2.05, 4.69) is 10.6 Å². The third-order valence-electron chi connectivity index (χ3n) is 3.99. The highest BCUT2D eigenvalue weighted by molar-refractivity contribution is 6.30. The van der Waals surface area contributed by atoms with Crippen molar-refractivity contribution < 1.29 is 14.7 Å². The van der Waals surface area contributed by atoms with Crippen LogP contribution in [0.25, 0.3) is 0 Å². The molecule has 0 saturated heterocycles. The Morgan fingerprint density at radius 2 is 1.62 bits per heavy atom. The number of amides is 2. The van der Waals surface area contributed by atoms with E-state index < -0.39 is 12.1 Å². The van der Waals surface area contributed by atoms with Gasteiger partial charge in [0.25, 0.3) is 0 Å². The Morgan fingerprint density at radius 3 is 2.19 bits per heavy atom. The van der Waals surface area contributed by atoms with Crippen molar-refractivity contribution in [3.05, 3.63) is 70.2 Å². The van der Waals surface area contributed by atoms with Crippen LogP contribution in [0, 0.1) is 6.92 Å². The van der Waals surface area contributed by atoms with Gasteiger partial charge in [0.15, 0.2) is 0 Å². The number of aliphatic hydroxyl groups excluding tert-OH is 1. The van der Waals surface area contributed by atoms with E-state index in [0.29, 0.717) is 5.02 Å². The van der Waals surface area contributed by atoms with Crippen LogP contribution in [-0.2, 0) is 9.59 Å². The number of hydrogen-bond acceptors (Lipinski definition) is 3. The second-order valence-corrected chi connectivity index (χ2v) is 6.68. The molecule has 6 heteroatoms. The first-order valence-corrected chi connectivity index (χ1v) is 8.77. The van der Waals surface area contributed by atoms with Gasteiger partial charge in [-0.1, -0.05) is 53.6 Å². The average Bonchev–Trinajstić information content (AvgIpc) is 2.60. The normalized spacial score (nSPS) is 12.9. The molecule has 0 spiro atoms. The molecule has 2 aromatic carbocycles. The summed E-state index contributed by atoms with van der Waals surface area (Å²) in [6.07, 6.45) is -0.712. The first-order chi connectivity index (χ1) is 12.3. The molecule has 26 heavy (non-hydrogen) atoms. The van der Waals surface area contributed by atoms with E-state index in [0.717, 1.165) is 16.7 Å². The molecule has 138 valence electrons. The number of halogens is 1. The number of rotatable bonds is 7. The predicted octanol–water partition coefficient (Wildman–Crippen LogP) is 3.07. The Balaban J connectivity index is 1.94. The molecule has 2 aromatic rings. The van der Waals surface area contributed by atoms with E-state index in [-0.39, 0.29) is 24.8 Å². The fourth-order valence-electron chi connectivity index (χ4n) is 2.57. The fraction of sp³-hybridized carbons (Fsp3) is 0.300. The van der Waals surface area contributed by atoms with Crippen LogP contribution in [-0.4, -0.2) is 23.5 Å². The van der Waals surface area contributed by atoms with Gasteiger partial charge in [0.1, 0.15) is 0 Å². The van der Waals surface area contributed by atoms with Gasteiger partial charge < -0.3 is 15.7 Å². The van der Waals surface area contributed by atoms with Crippen LogP contribution >= 0.6 is 11.6 Å². The Kier molecular flexibility index (Phi) is 7.18. The van der Waals surface area contributed by atoms with Gasteiger partial charge in [0, 0.05) is 18.5 Å². The van der Waals surface area contributed by atoms with Gasteiger partial charge in [-0.05, 0) is 30.2 Å². The maximum atomic E-state index is 12.3. The largest absolute Gasteiger partial charge is 0.387 e. The van der Waals surface area contributed by atoms with Crippen molar-refractivity contribution in [3.63, 3.8) is 0 Å². The molecule has 0 aliphatic heterocycles. The fourth-order valence-corrected chi connectivity index (χ4v) is 2.69. The molecule has 0 bridgehead atoms. The molecule has 2 atom stereocenters. The Morgan fingerprint density at radius 1 is 1.04 bits per heavy atom. The number of carbonyl (C=O) groups is 2. The molecular formula is C20H23ClN2O3. The van der Waals surface area contributed by atoms with E-state index in [4.69, 9.17) is 11.6 Å². The molecule has 5 nitrogen and oxygen atoms in total. The highest BCUT2D eigenvalue weighted by Crippen LogP contribution is 2.20. The molecule has 0 aliphatic rings. The number of benzene rings is 2. The minimum absolute atomic E-state index is 0.0713. The molecule has 2 amide bonds. The van der Waals surface area contributed by atoms with E-state index in [9.17, 15) is 14.7 Å². The Hall–Kier alpha value is -2.37. The lowest BCUT2D eigenvalue weighted by Gasteiger charge is -2.19. The SMILES string of the molecule is CC(=O)N[C@@H](CC(=O)NC[C@H](O)c1ccc(C)cc1)c1ccc(Cl)cc1. The number of carbonyl (C=O) groups excluding carboxylic acids is 2. The predicted molar refractivity (Wildman–Crippen MR) is 102 cm³/mol. The third-order valence-corrected chi connectivity index (χ3v) is 4.25. The summed E-state index contributed by atoms with van der Waals surface area (Å²) in [6.45, 7) is 3.48. The minimum Gasteiger partial charge on any atom is -0.387 e. The lowest BCUT2D eigenvalue weighted by molar-refractivity contribution is -0.123. The Labute approximate surface area is 158 Å². The van der Waals surface area contributed by atoms with Crippen LogP contribution in [0.4, 0.5) is 0 Å². The maximum Gasteiger partial charge on any atom is 0.222 e. The molecule has 0 unspecified atom stereocenters. The summed E-state index contributed by atoms with van der Waals surface area (Å²) < 4.78 is 0. The molecular weight excluding hydrogens is 352 g/mol. The quantitative estimate of drug-likeness (QED) is 0.697. The number of hydrogen-bond donors (Lipinski definition) is 3. The second-order valence-electron chi connectivity index (χ2n) is 6.24. The van der Waals surface area contributed by atoms with Gasteiger partial charge in [-0.25, -0.2) is 0 Å². The smallest absolute Gasteiger partial charge is 0.222 e. The van der Waals surface area contributed by atoms with Gasteiger partial charge in [-0.3, -0.25) is 9.59 Å². The highest BCUT2D eigenvalue weighted by Gasteiger charge is 2.18. The maximum absolute atomic E-state index is 12.3. The van der Waals surface area contributed by atoms with E-state index in [1.807, 2.05) is 31.2 Å². The van der Waals surface area contributed by atoms with Gasteiger partial charge in [-0.15, -0.1) is 0 Å². The molecule has 0 fully saturated rings. The van der Waals surface area contributed by atoms with Crippen molar-refractivity contribution in [1.29, 1.82) is 0 Å². The lowest BCUT2D eigenvalue weighted by Crippen LogP contribution is -2.34. The molecule has 2 rings (SSSR count). The summed E-state index contributed by atoms with van der Waals surface area (Å²) in [5, 5.41) is 16.3. The molecule has 0 saturated carbocycles. The van der Waals surface area contributed by atoms with Crippen LogP contribution in [0.3, 0.4) is 0 Å². The van der Waals surface area contributed by atoms with Gasteiger partial charge in [0.05, 0.1) is 18.6 Å². The molecule has 0 aromatic heterocycles. The van der Waals surface area contributed by atoms with Crippen LogP contribution in [0.1, 0.15) is 42.2 Å². The van der Waals surface area contributed by atoms with Crippen molar-refractivity contribution in [3.8, 4) is 0 Å². The summed E-state index contributed by atoms with van der Waals surface area (Å²) >= 11 is 5.89. The zero-order valence-corrected chi connectivity index (χ0v) is 15.6. The average molecular weight is 375 g/mol. The second kappa shape index (κ2) is 9.36. The zero-order chi connectivity index (χ0) is 19.1. The minimum atomic E-state index is -0.783. The van der Waals surface area contributed by atoms with E-state index in [1.165, 1.54) is 6.92 Å². The highest BCUT2D eigenvalue weighted by atomic mass is 35.5. The van der Waals surface area contributed by atoms with Gasteiger partial charge >= 0.3 is 0 Å².